The van der Waals surface area contributed by atoms with Crippen molar-refractivity contribution in [2.45, 2.75) is 52.0 Å². The molecule has 0 fully saturated rings. The van der Waals surface area contributed by atoms with Crippen molar-refractivity contribution in [3.05, 3.63) is 11.9 Å². The number of nitrogens with zero attached hydrogens (tertiary/aromatic N) is 2. The second kappa shape index (κ2) is 8.35. The van der Waals surface area contributed by atoms with Gasteiger partial charge in [-0.05, 0) is 18.8 Å². The van der Waals surface area contributed by atoms with Gasteiger partial charge in [0.1, 0.15) is 16.7 Å². The molecule has 0 spiro atoms. The Morgan fingerprint density at radius 1 is 1.22 bits per heavy atom. The molecule has 0 aliphatic heterocycles. The number of hydrogen-bond donors (Lipinski definition) is 1. The molecule has 102 valence electrons. The van der Waals surface area contributed by atoms with Crippen LogP contribution in [0.3, 0.4) is 0 Å². The lowest BCUT2D eigenvalue weighted by atomic mass is 10.3. The van der Waals surface area contributed by atoms with Gasteiger partial charge in [-0.3, -0.25) is 0 Å². The average molecular weight is 267 g/mol. The lowest BCUT2D eigenvalue weighted by Gasteiger charge is -2.09. The molecule has 0 bridgehead atoms. The van der Waals surface area contributed by atoms with Gasteiger partial charge in [0, 0.05) is 24.8 Å². The Labute approximate surface area is 115 Å². The van der Waals surface area contributed by atoms with Crippen LogP contribution in [0.15, 0.2) is 11.1 Å². The highest BCUT2D eigenvalue weighted by Crippen LogP contribution is 2.21. The van der Waals surface area contributed by atoms with Gasteiger partial charge < -0.3 is 5.32 Å². The Balaban J connectivity index is 2.76. The second-order valence-electron chi connectivity index (χ2n) is 4.89. The quantitative estimate of drug-likeness (QED) is 0.570. The zero-order chi connectivity index (χ0) is 13.4. The molecule has 0 unspecified atom stereocenters. The van der Waals surface area contributed by atoms with E-state index in [9.17, 15) is 0 Å². The van der Waals surface area contributed by atoms with E-state index in [2.05, 4.69) is 49.0 Å². The Morgan fingerprint density at radius 2 is 2.00 bits per heavy atom. The third-order valence-electron chi connectivity index (χ3n) is 2.34. The minimum Gasteiger partial charge on any atom is -0.370 e. The number of hydrogen-bond acceptors (Lipinski definition) is 4. The number of rotatable bonds is 8. The van der Waals surface area contributed by atoms with E-state index in [1.807, 2.05) is 11.8 Å². The van der Waals surface area contributed by atoms with E-state index in [-0.39, 0.29) is 0 Å². The lowest BCUT2D eigenvalue weighted by Crippen LogP contribution is -2.06. The summed E-state index contributed by atoms with van der Waals surface area (Å²) < 4.78 is 0. The maximum absolute atomic E-state index is 4.62. The standard InChI is InChI=1S/C14H25N3S/c1-5-7-12-16-13(15-8-6-2)9-14(17-12)18-10-11(3)4/h9,11H,5-8,10H2,1-4H3,(H,15,16,17). The molecule has 0 aromatic carbocycles. The first-order valence-electron chi connectivity index (χ1n) is 6.90. The van der Waals surface area contributed by atoms with Crippen LogP contribution in [0.2, 0.25) is 0 Å². The van der Waals surface area contributed by atoms with Crippen LogP contribution in [-0.4, -0.2) is 22.3 Å². The number of aromatic nitrogens is 2. The summed E-state index contributed by atoms with van der Waals surface area (Å²) in [6, 6.07) is 2.07. The van der Waals surface area contributed by atoms with Crippen molar-refractivity contribution >= 4 is 17.6 Å². The maximum Gasteiger partial charge on any atom is 0.132 e. The van der Waals surface area contributed by atoms with E-state index in [1.54, 1.807) is 0 Å². The summed E-state index contributed by atoms with van der Waals surface area (Å²) >= 11 is 1.83. The van der Waals surface area contributed by atoms with Crippen LogP contribution >= 0.6 is 11.8 Å². The average Bonchev–Trinajstić information content (AvgIpc) is 2.34. The molecule has 0 saturated heterocycles. The third kappa shape index (κ3) is 5.71. The molecule has 18 heavy (non-hydrogen) atoms. The Morgan fingerprint density at radius 3 is 2.61 bits per heavy atom. The van der Waals surface area contributed by atoms with Gasteiger partial charge in [0.25, 0.3) is 0 Å². The summed E-state index contributed by atoms with van der Waals surface area (Å²) in [5.74, 6) is 3.73. The number of thioether (sulfide) groups is 1. The first kappa shape index (κ1) is 15.3. The molecule has 0 amide bonds. The maximum atomic E-state index is 4.62. The van der Waals surface area contributed by atoms with Crippen LogP contribution in [0.1, 0.15) is 46.4 Å². The largest absolute Gasteiger partial charge is 0.370 e. The summed E-state index contributed by atoms with van der Waals surface area (Å²) in [4.78, 5) is 9.17. The smallest absolute Gasteiger partial charge is 0.132 e. The molecule has 3 nitrogen and oxygen atoms in total. The fraction of sp³-hybridized carbons (Fsp3) is 0.714. The molecule has 1 aromatic rings. The topological polar surface area (TPSA) is 37.8 Å². The minimum atomic E-state index is 0.687. The van der Waals surface area contributed by atoms with Crippen molar-refractivity contribution in [3.63, 3.8) is 0 Å². The van der Waals surface area contributed by atoms with Crippen molar-refractivity contribution in [1.82, 2.24) is 9.97 Å². The van der Waals surface area contributed by atoms with Gasteiger partial charge in [-0.1, -0.05) is 27.7 Å². The predicted octanol–water partition coefficient (Wildman–Crippen LogP) is 4.00. The molecule has 1 heterocycles. The first-order chi connectivity index (χ1) is 8.65. The Bertz CT molecular complexity index is 353. The molecule has 1 N–H and O–H groups in total. The minimum absolute atomic E-state index is 0.687. The molecular formula is C14H25N3S. The van der Waals surface area contributed by atoms with Crippen LogP contribution in [0.4, 0.5) is 5.82 Å². The van der Waals surface area contributed by atoms with E-state index in [0.29, 0.717) is 5.92 Å². The zero-order valence-electron chi connectivity index (χ0n) is 12.0. The molecule has 0 aliphatic rings. The second-order valence-corrected chi connectivity index (χ2v) is 5.93. The van der Waals surface area contributed by atoms with Gasteiger partial charge in [0.15, 0.2) is 0 Å². The first-order valence-corrected chi connectivity index (χ1v) is 7.88. The van der Waals surface area contributed by atoms with E-state index in [1.165, 1.54) is 0 Å². The van der Waals surface area contributed by atoms with Crippen LogP contribution in [-0.2, 0) is 6.42 Å². The Hall–Kier alpha value is -0.770. The van der Waals surface area contributed by atoms with Crippen molar-refractivity contribution in [2.75, 3.05) is 17.6 Å². The van der Waals surface area contributed by atoms with E-state index < -0.39 is 0 Å². The van der Waals surface area contributed by atoms with Gasteiger partial charge >= 0.3 is 0 Å². The van der Waals surface area contributed by atoms with Gasteiger partial charge in [-0.25, -0.2) is 9.97 Å². The summed E-state index contributed by atoms with van der Waals surface area (Å²) in [5, 5.41) is 4.45. The van der Waals surface area contributed by atoms with Crippen LogP contribution in [0.5, 0.6) is 0 Å². The fourth-order valence-corrected chi connectivity index (χ4v) is 2.35. The summed E-state index contributed by atoms with van der Waals surface area (Å²) in [6.45, 7) is 9.76. The summed E-state index contributed by atoms with van der Waals surface area (Å²) in [5.41, 5.74) is 0. The van der Waals surface area contributed by atoms with E-state index in [4.69, 9.17) is 0 Å². The SMILES string of the molecule is CCCNc1cc(SCC(C)C)nc(CCC)n1. The normalized spacial score (nSPS) is 10.9. The van der Waals surface area contributed by atoms with E-state index >= 15 is 0 Å². The van der Waals surface area contributed by atoms with Crippen molar-refractivity contribution in [3.8, 4) is 0 Å². The van der Waals surface area contributed by atoms with Gasteiger partial charge in [0.05, 0.1) is 0 Å². The molecule has 0 atom stereocenters. The van der Waals surface area contributed by atoms with Crippen LogP contribution < -0.4 is 5.32 Å². The summed E-state index contributed by atoms with van der Waals surface area (Å²) in [7, 11) is 0. The van der Waals surface area contributed by atoms with E-state index in [0.717, 1.165) is 48.2 Å². The van der Waals surface area contributed by atoms with Gasteiger partial charge in [0.2, 0.25) is 0 Å². The molecule has 0 radical (unpaired) electrons. The lowest BCUT2D eigenvalue weighted by molar-refractivity contribution is 0.747. The predicted molar refractivity (Wildman–Crippen MR) is 80.4 cm³/mol. The zero-order valence-corrected chi connectivity index (χ0v) is 12.8. The number of anilines is 1. The Kier molecular flexibility index (Phi) is 7.09. The van der Waals surface area contributed by atoms with Crippen molar-refractivity contribution in [1.29, 1.82) is 0 Å². The van der Waals surface area contributed by atoms with Crippen molar-refractivity contribution < 1.29 is 0 Å². The van der Waals surface area contributed by atoms with Crippen LogP contribution in [0.25, 0.3) is 0 Å². The molecule has 1 aromatic heterocycles. The molecule has 0 aliphatic carbocycles. The summed E-state index contributed by atoms with van der Waals surface area (Å²) in [6.07, 6.45) is 3.16. The molecular weight excluding hydrogens is 242 g/mol. The van der Waals surface area contributed by atoms with Gasteiger partial charge in [-0.2, -0.15) is 0 Å². The monoisotopic (exact) mass is 267 g/mol. The number of nitrogens with one attached hydrogen (secondary N) is 1. The highest BCUT2D eigenvalue weighted by molar-refractivity contribution is 7.99. The molecule has 1 rings (SSSR count). The van der Waals surface area contributed by atoms with Gasteiger partial charge in [-0.15, -0.1) is 11.8 Å². The van der Waals surface area contributed by atoms with Crippen LogP contribution in [0, 0.1) is 5.92 Å². The third-order valence-corrected chi connectivity index (χ3v) is 3.68. The molecule has 0 saturated carbocycles. The molecule has 4 heteroatoms. The highest BCUT2D eigenvalue weighted by Gasteiger charge is 2.05. The fourth-order valence-electron chi connectivity index (χ4n) is 1.48. The number of aryl methyl sites for hydroxylation is 1. The van der Waals surface area contributed by atoms with Crippen molar-refractivity contribution in [2.24, 2.45) is 5.92 Å². The highest BCUT2D eigenvalue weighted by atomic mass is 32.2.